The van der Waals surface area contributed by atoms with Crippen molar-refractivity contribution in [3.8, 4) is 11.1 Å². The first-order valence-corrected chi connectivity index (χ1v) is 5.40. The summed E-state index contributed by atoms with van der Waals surface area (Å²) in [4.78, 5) is 10.7. The summed E-state index contributed by atoms with van der Waals surface area (Å²) in [5, 5.41) is 0.760. The zero-order chi connectivity index (χ0) is 11.5. The van der Waals surface area contributed by atoms with Crippen LogP contribution in [0.4, 0.5) is 0 Å². The molecule has 0 atom stereocenters. The molecule has 16 heavy (non-hydrogen) atoms. The van der Waals surface area contributed by atoms with Gasteiger partial charge in [-0.15, -0.1) is 0 Å². The van der Waals surface area contributed by atoms with Gasteiger partial charge in [-0.1, -0.05) is 35.9 Å². The fraction of sp³-hybridized carbons (Fsp3) is 0.0714. The molecular formula is C14H11ClO. The molecule has 0 saturated heterocycles. The molecule has 80 valence electrons. The molecule has 2 aromatic rings. The molecule has 0 aliphatic rings. The normalized spacial score (nSPS) is 10.1. The highest BCUT2D eigenvalue weighted by Gasteiger charge is 2.01. The first-order valence-electron chi connectivity index (χ1n) is 5.02. The highest BCUT2D eigenvalue weighted by Crippen LogP contribution is 2.25. The van der Waals surface area contributed by atoms with Gasteiger partial charge in [0, 0.05) is 10.6 Å². The van der Waals surface area contributed by atoms with Gasteiger partial charge in [0.15, 0.2) is 0 Å². The Morgan fingerprint density at radius 1 is 1.06 bits per heavy atom. The van der Waals surface area contributed by atoms with Crippen LogP contribution in [0.3, 0.4) is 0 Å². The number of halogens is 1. The monoisotopic (exact) mass is 230 g/mol. The van der Waals surface area contributed by atoms with Gasteiger partial charge in [0.2, 0.25) is 0 Å². The van der Waals surface area contributed by atoms with Crippen molar-refractivity contribution in [2.75, 3.05) is 0 Å². The molecule has 0 heterocycles. The number of rotatable bonds is 2. The van der Waals surface area contributed by atoms with E-state index in [0.29, 0.717) is 5.56 Å². The standard InChI is InChI=1S/C14H11ClO/c1-10-7-13(5-6-14(10)15)12-4-2-3-11(8-12)9-16/h2-9H,1H3. The summed E-state index contributed by atoms with van der Waals surface area (Å²) in [7, 11) is 0. The van der Waals surface area contributed by atoms with Crippen molar-refractivity contribution in [2.45, 2.75) is 6.92 Å². The minimum Gasteiger partial charge on any atom is -0.298 e. The third-order valence-corrected chi connectivity index (χ3v) is 2.94. The van der Waals surface area contributed by atoms with Crippen molar-refractivity contribution >= 4 is 17.9 Å². The van der Waals surface area contributed by atoms with E-state index in [1.165, 1.54) is 0 Å². The van der Waals surface area contributed by atoms with E-state index < -0.39 is 0 Å². The lowest BCUT2D eigenvalue weighted by atomic mass is 10.0. The fourth-order valence-electron chi connectivity index (χ4n) is 1.62. The highest BCUT2D eigenvalue weighted by molar-refractivity contribution is 6.31. The second kappa shape index (κ2) is 4.50. The van der Waals surface area contributed by atoms with Gasteiger partial charge in [-0.05, 0) is 41.8 Å². The number of hydrogen-bond acceptors (Lipinski definition) is 1. The second-order valence-corrected chi connectivity index (χ2v) is 4.11. The molecule has 0 fully saturated rings. The van der Waals surface area contributed by atoms with Gasteiger partial charge in [0.25, 0.3) is 0 Å². The van der Waals surface area contributed by atoms with Crippen molar-refractivity contribution in [1.82, 2.24) is 0 Å². The minimum atomic E-state index is 0.685. The molecule has 0 spiro atoms. The molecule has 0 saturated carbocycles. The Hall–Kier alpha value is -1.60. The molecular weight excluding hydrogens is 220 g/mol. The summed E-state index contributed by atoms with van der Waals surface area (Å²) >= 11 is 5.97. The van der Waals surface area contributed by atoms with E-state index >= 15 is 0 Å². The van der Waals surface area contributed by atoms with Gasteiger partial charge < -0.3 is 0 Å². The molecule has 2 heteroatoms. The van der Waals surface area contributed by atoms with Gasteiger partial charge in [-0.3, -0.25) is 4.79 Å². The van der Waals surface area contributed by atoms with Gasteiger partial charge in [-0.2, -0.15) is 0 Å². The van der Waals surface area contributed by atoms with Crippen LogP contribution in [0.2, 0.25) is 5.02 Å². The molecule has 0 N–H and O–H groups in total. The van der Waals surface area contributed by atoms with E-state index in [-0.39, 0.29) is 0 Å². The zero-order valence-electron chi connectivity index (χ0n) is 8.91. The molecule has 2 aromatic carbocycles. The lowest BCUT2D eigenvalue weighted by molar-refractivity contribution is 0.112. The average Bonchev–Trinajstić information content (AvgIpc) is 2.33. The van der Waals surface area contributed by atoms with Crippen LogP contribution < -0.4 is 0 Å². The Morgan fingerprint density at radius 3 is 2.50 bits per heavy atom. The average molecular weight is 231 g/mol. The lowest BCUT2D eigenvalue weighted by Crippen LogP contribution is -1.84. The van der Waals surface area contributed by atoms with E-state index in [1.54, 1.807) is 6.07 Å². The molecule has 0 aliphatic carbocycles. The first-order chi connectivity index (χ1) is 7.70. The maximum absolute atomic E-state index is 10.7. The summed E-state index contributed by atoms with van der Waals surface area (Å²) in [5.41, 5.74) is 3.83. The minimum absolute atomic E-state index is 0.685. The Morgan fingerprint density at radius 2 is 1.81 bits per heavy atom. The molecule has 0 radical (unpaired) electrons. The number of aldehydes is 1. The van der Waals surface area contributed by atoms with Crippen molar-refractivity contribution < 1.29 is 4.79 Å². The van der Waals surface area contributed by atoms with Gasteiger partial charge in [0.05, 0.1) is 0 Å². The van der Waals surface area contributed by atoms with Crippen LogP contribution in [0, 0.1) is 6.92 Å². The summed E-state index contributed by atoms with van der Waals surface area (Å²) in [5.74, 6) is 0. The van der Waals surface area contributed by atoms with Gasteiger partial charge in [0.1, 0.15) is 6.29 Å². The Kier molecular flexibility index (Phi) is 3.07. The Labute approximate surface area is 99.7 Å². The van der Waals surface area contributed by atoms with Crippen LogP contribution in [0.1, 0.15) is 15.9 Å². The fourth-order valence-corrected chi connectivity index (χ4v) is 1.73. The maximum Gasteiger partial charge on any atom is 0.150 e. The number of aryl methyl sites for hydroxylation is 1. The second-order valence-electron chi connectivity index (χ2n) is 3.71. The Balaban J connectivity index is 2.49. The molecule has 0 unspecified atom stereocenters. The highest BCUT2D eigenvalue weighted by atomic mass is 35.5. The van der Waals surface area contributed by atoms with Crippen LogP contribution >= 0.6 is 11.6 Å². The lowest BCUT2D eigenvalue weighted by Gasteiger charge is -2.05. The quantitative estimate of drug-likeness (QED) is 0.709. The number of carbonyl (C=O) groups is 1. The topological polar surface area (TPSA) is 17.1 Å². The molecule has 0 bridgehead atoms. The Bertz CT molecular complexity index is 532. The van der Waals surface area contributed by atoms with Crippen molar-refractivity contribution in [3.63, 3.8) is 0 Å². The zero-order valence-corrected chi connectivity index (χ0v) is 9.66. The van der Waals surface area contributed by atoms with Crippen molar-refractivity contribution in [1.29, 1.82) is 0 Å². The summed E-state index contributed by atoms with van der Waals surface area (Å²) in [6, 6.07) is 13.4. The van der Waals surface area contributed by atoms with E-state index in [0.717, 1.165) is 28.0 Å². The predicted molar refractivity (Wildman–Crippen MR) is 67.0 cm³/mol. The SMILES string of the molecule is Cc1cc(-c2cccc(C=O)c2)ccc1Cl. The van der Waals surface area contributed by atoms with Crippen LogP contribution in [0.5, 0.6) is 0 Å². The van der Waals surface area contributed by atoms with E-state index in [4.69, 9.17) is 11.6 Å². The van der Waals surface area contributed by atoms with Crippen molar-refractivity contribution in [2.24, 2.45) is 0 Å². The summed E-state index contributed by atoms with van der Waals surface area (Å²) in [6.07, 6.45) is 0.853. The maximum atomic E-state index is 10.7. The van der Waals surface area contributed by atoms with Crippen LogP contribution in [0.25, 0.3) is 11.1 Å². The molecule has 0 amide bonds. The van der Waals surface area contributed by atoms with Crippen LogP contribution in [0.15, 0.2) is 42.5 Å². The summed E-state index contributed by atoms with van der Waals surface area (Å²) in [6.45, 7) is 1.97. The molecule has 2 rings (SSSR count). The molecule has 0 aliphatic heterocycles. The summed E-state index contributed by atoms with van der Waals surface area (Å²) < 4.78 is 0. The number of hydrogen-bond donors (Lipinski definition) is 0. The molecule has 0 aromatic heterocycles. The van der Waals surface area contributed by atoms with E-state index in [9.17, 15) is 4.79 Å². The number of carbonyl (C=O) groups excluding carboxylic acids is 1. The largest absolute Gasteiger partial charge is 0.298 e. The molecule has 1 nitrogen and oxygen atoms in total. The van der Waals surface area contributed by atoms with Gasteiger partial charge >= 0.3 is 0 Å². The van der Waals surface area contributed by atoms with E-state index in [1.807, 2.05) is 43.3 Å². The van der Waals surface area contributed by atoms with Crippen LogP contribution in [-0.2, 0) is 0 Å². The number of benzene rings is 2. The third kappa shape index (κ3) is 2.15. The first kappa shape index (κ1) is 10.9. The van der Waals surface area contributed by atoms with Crippen LogP contribution in [-0.4, -0.2) is 6.29 Å². The smallest absolute Gasteiger partial charge is 0.150 e. The predicted octanol–water partition coefficient (Wildman–Crippen LogP) is 4.13. The third-order valence-electron chi connectivity index (χ3n) is 2.51. The van der Waals surface area contributed by atoms with Crippen molar-refractivity contribution in [3.05, 3.63) is 58.6 Å². The van der Waals surface area contributed by atoms with E-state index in [2.05, 4.69) is 0 Å². The van der Waals surface area contributed by atoms with Gasteiger partial charge in [-0.25, -0.2) is 0 Å².